The van der Waals surface area contributed by atoms with Crippen LogP contribution >= 0.6 is 23.2 Å². The first-order chi connectivity index (χ1) is 9.40. The summed E-state index contributed by atoms with van der Waals surface area (Å²) in [6, 6.07) is 10.7. The fraction of sp³-hybridized carbons (Fsp3) is 0.133. The zero-order chi connectivity index (χ0) is 14.9. The lowest BCUT2D eigenvalue weighted by molar-refractivity contribution is 0.0993. The van der Waals surface area contributed by atoms with Crippen molar-refractivity contribution in [2.75, 3.05) is 17.7 Å². The Bertz CT molecular complexity index is 630. The van der Waals surface area contributed by atoms with Crippen LogP contribution in [0.5, 0.6) is 0 Å². The zero-order valence-corrected chi connectivity index (χ0v) is 12.7. The maximum atomic E-state index is 12.4. The van der Waals surface area contributed by atoms with Crippen LogP contribution in [0.2, 0.25) is 10.0 Å². The molecule has 0 spiro atoms. The number of nitrogens with zero attached hydrogens (tertiary/aromatic N) is 1. The topological polar surface area (TPSA) is 46.3 Å². The van der Waals surface area contributed by atoms with Gasteiger partial charge in [-0.15, -0.1) is 0 Å². The maximum Gasteiger partial charge on any atom is 0.258 e. The van der Waals surface area contributed by atoms with Crippen molar-refractivity contribution in [3.63, 3.8) is 0 Å². The van der Waals surface area contributed by atoms with E-state index in [-0.39, 0.29) is 16.0 Å². The predicted molar refractivity (Wildman–Crippen MR) is 84.8 cm³/mol. The van der Waals surface area contributed by atoms with Crippen LogP contribution in [0.15, 0.2) is 36.4 Å². The molecule has 5 heteroatoms. The average molecular weight is 309 g/mol. The number of amides is 1. The molecule has 0 bridgehead atoms. The molecule has 0 unspecified atom stereocenters. The van der Waals surface area contributed by atoms with Gasteiger partial charge in [0.2, 0.25) is 0 Å². The van der Waals surface area contributed by atoms with Crippen LogP contribution in [0, 0.1) is 6.92 Å². The number of aryl methyl sites for hydroxylation is 1. The number of nitrogens with two attached hydrogens (primary N) is 1. The first kappa shape index (κ1) is 14.7. The molecule has 0 aliphatic carbocycles. The minimum atomic E-state index is -0.195. The third-order valence-electron chi connectivity index (χ3n) is 3.03. The van der Waals surface area contributed by atoms with E-state index in [1.54, 1.807) is 11.9 Å². The van der Waals surface area contributed by atoms with Gasteiger partial charge in [-0.1, -0.05) is 40.9 Å². The first-order valence-corrected chi connectivity index (χ1v) is 6.75. The summed E-state index contributed by atoms with van der Waals surface area (Å²) < 4.78 is 0. The monoisotopic (exact) mass is 308 g/mol. The summed E-state index contributed by atoms with van der Waals surface area (Å²) in [6.07, 6.45) is 0. The van der Waals surface area contributed by atoms with E-state index in [0.29, 0.717) is 11.3 Å². The molecule has 20 heavy (non-hydrogen) atoms. The summed E-state index contributed by atoms with van der Waals surface area (Å²) in [5.41, 5.74) is 8.35. The van der Waals surface area contributed by atoms with E-state index in [0.717, 1.165) is 11.3 Å². The maximum absolute atomic E-state index is 12.4. The van der Waals surface area contributed by atoms with E-state index >= 15 is 0 Å². The van der Waals surface area contributed by atoms with Crippen LogP contribution in [0.3, 0.4) is 0 Å². The summed E-state index contributed by atoms with van der Waals surface area (Å²) >= 11 is 11.8. The molecule has 0 aromatic heterocycles. The molecule has 104 valence electrons. The number of nitrogen functional groups attached to an aromatic ring is 1. The minimum absolute atomic E-state index is 0.195. The largest absolute Gasteiger partial charge is 0.397 e. The number of anilines is 2. The standard InChI is InChI=1S/C15H14Cl2N2O/c1-9-3-5-11(6-4-9)19(2)15(20)10-7-12(16)14(17)13(18)8-10/h3-8H,18H2,1-2H3. The van der Waals surface area contributed by atoms with E-state index in [1.807, 2.05) is 31.2 Å². The molecule has 0 heterocycles. The molecule has 0 radical (unpaired) electrons. The lowest BCUT2D eigenvalue weighted by Crippen LogP contribution is -2.26. The molecule has 0 saturated heterocycles. The summed E-state index contributed by atoms with van der Waals surface area (Å²) in [4.78, 5) is 14.0. The molecule has 0 saturated carbocycles. The Morgan fingerprint density at radius 2 is 1.75 bits per heavy atom. The first-order valence-electron chi connectivity index (χ1n) is 5.99. The van der Waals surface area contributed by atoms with E-state index in [4.69, 9.17) is 28.9 Å². The number of hydrogen-bond donors (Lipinski definition) is 1. The minimum Gasteiger partial charge on any atom is -0.397 e. The Kier molecular flexibility index (Phi) is 4.21. The van der Waals surface area contributed by atoms with Gasteiger partial charge in [0.1, 0.15) is 0 Å². The summed E-state index contributed by atoms with van der Waals surface area (Å²) in [6.45, 7) is 1.99. The fourth-order valence-electron chi connectivity index (χ4n) is 1.81. The van der Waals surface area contributed by atoms with Crippen molar-refractivity contribution < 1.29 is 4.79 Å². The molecule has 2 rings (SSSR count). The Balaban J connectivity index is 2.33. The van der Waals surface area contributed by atoms with E-state index in [2.05, 4.69) is 0 Å². The SMILES string of the molecule is Cc1ccc(N(C)C(=O)c2cc(N)c(Cl)c(Cl)c2)cc1. The highest BCUT2D eigenvalue weighted by molar-refractivity contribution is 6.44. The highest BCUT2D eigenvalue weighted by atomic mass is 35.5. The van der Waals surface area contributed by atoms with Gasteiger partial charge in [-0.25, -0.2) is 0 Å². The normalized spacial score (nSPS) is 10.4. The van der Waals surface area contributed by atoms with Crippen LogP contribution in [-0.2, 0) is 0 Å². The van der Waals surface area contributed by atoms with Gasteiger partial charge in [-0.3, -0.25) is 4.79 Å². The van der Waals surface area contributed by atoms with Crippen LogP contribution in [0.4, 0.5) is 11.4 Å². The Labute approximate surface area is 127 Å². The highest BCUT2D eigenvalue weighted by Gasteiger charge is 2.16. The second-order valence-corrected chi connectivity index (χ2v) is 5.35. The highest BCUT2D eigenvalue weighted by Crippen LogP contribution is 2.30. The second kappa shape index (κ2) is 5.73. The van der Waals surface area contributed by atoms with Crippen LogP contribution in [0.25, 0.3) is 0 Å². The summed E-state index contributed by atoms with van der Waals surface area (Å²) in [7, 11) is 1.70. The third kappa shape index (κ3) is 2.89. The van der Waals surface area contributed by atoms with Gasteiger partial charge < -0.3 is 10.6 Å². The predicted octanol–water partition coefficient (Wildman–Crippen LogP) is 4.16. The Morgan fingerprint density at radius 3 is 2.30 bits per heavy atom. The second-order valence-electron chi connectivity index (χ2n) is 4.56. The van der Waals surface area contributed by atoms with Gasteiger partial charge in [-0.2, -0.15) is 0 Å². The Hall–Kier alpha value is -1.71. The molecular weight excluding hydrogens is 295 g/mol. The Morgan fingerprint density at radius 1 is 1.15 bits per heavy atom. The van der Waals surface area contributed by atoms with Gasteiger partial charge in [0, 0.05) is 18.3 Å². The number of hydrogen-bond acceptors (Lipinski definition) is 2. The molecule has 3 nitrogen and oxygen atoms in total. The molecule has 0 aliphatic rings. The van der Waals surface area contributed by atoms with Gasteiger partial charge >= 0.3 is 0 Å². The number of carbonyl (C=O) groups excluding carboxylic acids is 1. The molecular formula is C15H14Cl2N2O. The van der Waals surface area contributed by atoms with Crippen LogP contribution in [0.1, 0.15) is 15.9 Å². The molecule has 1 amide bonds. The van der Waals surface area contributed by atoms with Crippen molar-refractivity contribution in [1.82, 2.24) is 0 Å². The van der Waals surface area contributed by atoms with Gasteiger partial charge in [0.25, 0.3) is 5.91 Å². The van der Waals surface area contributed by atoms with Crippen LogP contribution in [-0.4, -0.2) is 13.0 Å². The molecule has 0 aliphatic heterocycles. The van der Waals surface area contributed by atoms with Crippen molar-refractivity contribution in [2.45, 2.75) is 6.92 Å². The van der Waals surface area contributed by atoms with E-state index < -0.39 is 0 Å². The van der Waals surface area contributed by atoms with Crippen molar-refractivity contribution in [3.05, 3.63) is 57.6 Å². The van der Waals surface area contributed by atoms with Gasteiger partial charge in [0.15, 0.2) is 0 Å². The molecule has 2 N–H and O–H groups in total. The van der Waals surface area contributed by atoms with Gasteiger partial charge in [-0.05, 0) is 31.2 Å². The quantitative estimate of drug-likeness (QED) is 0.847. The molecule has 2 aromatic carbocycles. The van der Waals surface area contributed by atoms with E-state index in [9.17, 15) is 4.79 Å². The molecule has 2 aromatic rings. The third-order valence-corrected chi connectivity index (χ3v) is 3.85. The van der Waals surface area contributed by atoms with Crippen LogP contribution < -0.4 is 10.6 Å². The average Bonchev–Trinajstić information content (AvgIpc) is 2.43. The number of benzene rings is 2. The lowest BCUT2D eigenvalue weighted by atomic mass is 10.1. The smallest absolute Gasteiger partial charge is 0.258 e. The van der Waals surface area contributed by atoms with Crippen molar-refractivity contribution >= 4 is 40.5 Å². The number of halogens is 2. The van der Waals surface area contributed by atoms with Crippen molar-refractivity contribution in [3.8, 4) is 0 Å². The number of rotatable bonds is 2. The molecule has 0 atom stereocenters. The molecule has 0 fully saturated rings. The summed E-state index contributed by atoms with van der Waals surface area (Å²) in [5.74, 6) is -0.195. The van der Waals surface area contributed by atoms with E-state index in [1.165, 1.54) is 12.1 Å². The van der Waals surface area contributed by atoms with Crippen molar-refractivity contribution in [1.29, 1.82) is 0 Å². The fourth-order valence-corrected chi connectivity index (χ4v) is 2.15. The summed E-state index contributed by atoms with van der Waals surface area (Å²) in [5, 5.41) is 0.536. The van der Waals surface area contributed by atoms with Gasteiger partial charge in [0.05, 0.1) is 15.7 Å². The number of carbonyl (C=O) groups is 1. The van der Waals surface area contributed by atoms with Crippen molar-refractivity contribution in [2.24, 2.45) is 0 Å². The zero-order valence-electron chi connectivity index (χ0n) is 11.2. The lowest BCUT2D eigenvalue weighted by Gasteiger charge is -2.18.